The summed E-state index contributed by atoms with van der Waals surface area (Å²) in [6, 6.07) is 0. The van der Waals surface area contributed by atoms with Crippen LogP contribution in [0.2, 0.25) is 0 Å². The van der Waals surface area contributed by atoms with E-state index in [0.717, 1.165) is 38.8 Å². The Morgan fingerprint density at radius 1 is 1.31 bits per heavy atom. The van der Waals surface area contributed by atoms with Gasteiger partial charge in [0.15, 0.2) is 0 Å². The van der Waals surface area contributed by atoms with Gasteiger partial charge in [-0.25, -0.2) is 0 Å². The van der Waals surface area contributed by atoms with E-state index < -0.39 is 0 Å². The quantitative estimate of drug-likeness (QED) is 0.781. The molecule has 1 unspecified atom stereocenters. The average Bonchev–Trinajstić information content (AvgIpc) is 2.66. The minimum Gasteiger partial charge on any atom is -0.351 e. The topological polar surface area (TPSA) is 41.1 Å². The molecule has 1 atom stereocenters. The van der Waals surface area contributed by atoms with Crippen LogP contribution in [0.15, 0.2) is 0 Å². The summed E-state index contributed by atoms with van der Waals surface area (Å²) in [6.07, 6.45) is 7.01. The lowest BCUT2D eigenvalue weighted by Gasteiger charge is -2.29. The molecule has 0 radical (unpaired) electrons. The van der Waals surface area contributed by atoms with Gasteiger partial charge in [0.25, 0.3) is 0 Å². The van der Waals surface area contributed by atoms with E-state index in [9.17, 15) is 4.79 Å². The van der Waals surface area contributed by atoms with Gasteiger partial charge in [0.1, 0.15) is 0 Å². The number of halogens is 1. The summed E-state index contributed by atoms with van der Waals surface area (Å²) in [6.45, 7) is 4.12. The second-order valence-corrected chi connectivity index (χ2v) is 5.30. The maximum atomic E-state index is 12.0. The summed E-state index contributed by atoms with van der Waals surface area (Å²) in [4.78, 5) is 12.0. The predicted molar refractivity (Wildman–Crippen MR) is 67.9 cm³/mol. The SMILES string of the molecule is CC1(NC(=O)C2CCCNC2)CCCC1.Cl. The van der Waals surface area contributed by atoms with E-state index in [1.807, 2.05) is 0 Å². The van der Waals surface area contributed by atoms with E-state index in [4.69, 9.17) is 0 Å². The molecule has 0 aromatic rings. The Balaban J connectivity index is 0.00000128. The molecule has 2 N–H and O–H groups in total. The number of piperidine rings is 1. The summed E-state index contributed by atoms with van der Waals surface area (Å²) < 4.78 is 0. The van der Waals surface area contributed by atoms with Gasteiger partial charge >= 0.3 is 0 Å². The summed E-state index contributed by atoms with van der Waals surface area (Å²) in [7, 11) is 0. The second-order valence-electron chi connectivity index (χ2n) is 5.30. The van der Waals surface area contributed by atoms with Crippen molar-refractivity contribution in [3.05, 3.63) is 0 Å². The third kappa shape index (κ3) is 3.36. The molecule has 0 spiro atoms. The van der Waals surface area contributed by atoms with Crippen molar-refractivity contribution in [1.82, 2.24) is 10.6 Å². The zero-order chi connectivity index (χ0) is 10.7. The van der Waals surface area contributed by atoms with Gasteiger partial charge in [-0.2, -0.15) is 0 Å². The number of hydrogen-bond acceptors (Lipinski definition) is 2. The molecule has 0 bridgehead atoms. The largest absolute Gasteiger partial charge is 0.351 e. The van der Waals surface area contributed by atoms with Gasteiger partial charge in [-0.1, -0.05) is 12.8 Å². The summed E-state index contributed by atoms with van der Waals surface area (Å²) >= 11 is 0. The van der Waals surface area contributed by atoms with Crippen LogP contribution in [-0.4, -0.2) is 24.5 Å². The first-order valence-corrected chi connectivity index (χ1v) is 6.22. The highest BCUT2D eigenvalue weighted by Gasteiger charge is 2.32. The van der Waals surface area contributed by atoms with Crippen LogP contribution in [0.5, 0.6) is 0 Å². The lowest BCUT2D eigenvalue weighted by atomic mass is 9.95. The fraction of sp³-hybridized carbons (Fsp3) is 0.917. The Labute approximate surface area is 104 Å². The predicted octanol–water partition coefficient (Wildman–Crippen LogP) is 1.86. The smallest absolute Gasteiger partial charge is 0.224 e. The standard InChI is InChI=1S/C12H22N2O.ClH/c1-12(6-2-3-7-12)14-11(15)10-5-4-8-13-9-10;/h10,13H,2-9H2,1H3,(H,14,15);1H. The third-order valence-electron chi connectivity index (χ3n) is 3.80. The highest BCUT2D eigenvalue weighted by atomic mass is 35.5. The first kappa shape index (κ1) is 13.8. The maximum Gasteiger partial charge on any atom is 0.224 e. The fourth-order valence-corrected chi connectivity index (χ4v) is 2.76. The summed E-state index contributed by atoms with van der Waals surface area (Å²) in [5, 5.41) is 6.54. The molecule has 1 saturated carbocycles. The minimum absolute atomic E-state index is 0. The molecule has 3 nitrogen and oxygen atoms in total. The van der Waals surface area contributed by atoms with Gasteiger partial charge in [0, 0.05) is 12.1 Å². The first-order chi connectivity index (χ1) is 7.20. The van der Waals surface area contributed by atoms with Gasteiger partial charge in [-0.05, 0) is 39.2 Å². The van der Waals surface area contributed by atoms with Crippen LogP contribution in [0.25, 0.3) is 0 Å². The molecule has 16 heavy (non-hydrogen) atoms. The van der Waals surface area contributed by atoms with Crippen molar-refractivity contribution in [3.8, 4) is 0 Å². The molecule has 1 amide bonds. The highest BCUT2D eigenvalue weighted by Crippen LogP contribution is 2.29. The Hall–Kier alpha value is -0.280. The normalized spacial score (nSPS) is 28.2. The molecule has 1 saturated heterocycles. The molecule has 1 aliphatic carbocycles. The number of nitrogens with one attached hydrogen (secondary N) is 2. The molecule has 2 aliphatic rings. The van der Waals surface area contributed by atoms with E-state index in [1.54, 1.807) is 0 Å². The molecule has 2 rings (SSSR count). The Morgan fingerprint density at radius 3 is 2.56 bits per heavy atom. The van der Waals surface area contributed by atoms with Crippen LogP contribution >= 0.6 is 12.4 Å². The zero-order valence-electron chi connectivity index (χ0n) is 10.1. The molecule has 4 heteroatoms. The molecule has 1 aliphatic heterocycles. The van der Waals surface area contributed by atoms with Gasteiger partial charge < -0.3 is 10.6 Å². The number of hydrogen-bond donors (Lipinski definition) is 2. The van der Waals surface area contributed by atoms with Gasteiger partial charge in [0.2, 0.25) is 5.91 Å². The van der Waals surface area contributed by atoms with Crippen molar-refractivity contribution in [2.45, 2.75) is 51.0 Å². The van der Waals surface area contributed by atoms with Crippen LogP contribution in [0, 0.1) is 5.92 Å². The zero-order valence-corrected chi connectivity index (χ0v) is 10.9. The maximum absolute atomic E-state index is 12.0. The van der Waals surface area contributed by atoms with Crippen LogP contribution in [0.3, 0.4) is 0 Å². The third-order valence-corrected chi connectivity index (χ3v) is 3.80. The Kier molecular flexibility index (Phi) is 5.06. The average molecular weight is 247 g/mol. The van der Waals surface area contributed by atoms with Crippen molar-refractivity contribution in [2.75, 3.05) is 13.1 Å². The van der Waals surface area contributed by atoms with Crippen molar-refractivity contribution in [3.63, 3.8) is 0 Å². The van der Waals surface area contributed by atoms with Crippen LogP contribution < -0.4 is 10.6 Å². The van der Waals surface area contributed by atoms with E-state index in [1.165, 1.54) is 12.8 Å². The van der Waals surface area contributed by atoms with Gasteiger partial charge in [0.05, 0.1) is 5.92 Å². The van der Waals surface area contributed by atoms with Gasteiger partial charge in [-0.3, -0.25) is 4.79 Å². The fourth-order valence-electron chi connectivity index (χ4n) is 2.76. The lowest BCUT2D eigenvalue weighted by molar-refractivity contribution is -0.127. The van der Waals surface area contributed by atoms with Crippen molar-refractivity contribution in [2.24, 2.45) is 5.92 Å². The number of carbonyl (C=O) groups is 1. The van der Waals surface area contributed by atoms with Gasteiger partial charge in [-0.15, -0.1) is 12.4 Å². The van der Waals surface area contributed by atoms with Crippen LogP contribution in [-0.2, 0) is 4.79 Å². The lowest BCUT2D eigenvalue weighted by Crippen LogP contribution is -2.49. The van der Waals surface area contributed by atoms with E-state index in [-0.39, 0.29) is 29.8 Å². The second kappa shape index (κ2) is 5.87. The number of amides is 1. The van der Waals surface area contributed by atoms with E-state index in [0.29, 0.717) is 0 Å². The monoisotopic (exact) mass is 246 g/mol. The summed E-state index contributed by atoms with van der Waals surface area (Å²) in [5.41, 5.74) is 0.0918. The molecule has 2 fully saturated rings. The Morgan fingerprint density at radius 2 is 2.00 bits per heavy atom. The van der Waals surface area contributed by atoms with Crippen molar-refractivity contribution >= 4 is 18.3 Å². The highest BCUT2D eigenvalue weighted by molar-refractivity contribution is 5.85. The van der Waals surface area contributed by atoms with Crippen molar-refractivity contribution < 1.29 is 4.79 Å². The Bertz CT molecular complexity index is 233. The van der Waals surface area contributed by atoms with E-state index in [2.05, 4.69) is 17.6 Å². The molecule has 0 aromatic heterocycles. The number of carbonyl (C=O) groups excluding carboxylic acids is 1. The van der Waals surface area contributed by atoms with Crippen molar-refractivity contribution in [1.29, 1.82) is 0 Å². The summed E-state index contributed by atoms with van der Waals surface area (Å²) in [5.74, 6) is 0.475. The molecule has 0 aromatic carbocycles. The van der Waals surface area contributed by atoms with E-state index >= 15 is 0 Å². The molecular formula is C12H23ClN2O. The minimum atomic E-state index is 0. The van der Waals surface area contributed by atoms with Crippen LogP contribution in [0.1, 0.15) is 45.4 Å². The molecular weight excluding hydrogens is 224 g/mol. The molecule has 94 valence electrons. The molecule has 1 heterocycles. The van der Waals surface area contributed by atoms with Crippen LogP contribution in [0.4, 0.5) is 0 Å². The number of rotatable bonds is 2. The first-order valence-electron chi connectivity index (χ1n) is 6.22.